The fourth-order valence-corrected chi connectivity index (χ4v) is 2.90. The van der Waals surface area contributed by atoms with Crippen molar-refractivity contribution < 1.29 is 0 Å². The van der Waals surface area contributed by atoms with E-state index in [4.69, 9.17) is 5.73 Å². The van der Waals surface area contributed by atoms with Crippen LogP contribution in [0.15, 0.2) is 48.7 Å². The maximum atomic E-state index is 6.03. The van der Waals surface area contributed by atoms with Crippen LogP contribution in [0.25, 0.3) is 10.9 Å². The predicted octanol–water partition coefficient (Wildman–Crippen LogP) is 3.16. The first-order valence-electron chi connectivity index (χ1n) is 6.96. The summed E-state index contributed by atoms with van der Waals surface area (Å²) in [5, 5.41) is 1.27. The Kier molecular flexibility index (Phi) is 3.52. The number of fused-ring (bicyclic) bond motifs is 1. The summed E-state index contributed by atoms with van der Waals surface area (Å²) in [5.74, 6) is 0.293. The highest BCUT2D eigenvalue weighted by Crippen LogP contribution is 2.30. The predicted molar refractivity (Wildman–Crippen MR) is 82.8 cm³/mol. The second-order valence-electron chi connectivity index (χ2n) is 5.17. The summed E-state index contributed by atoms with van der Waals surface area (Å²) in [5.41, 5.74) is 10.8. The number of H-pyrrole nitrogens is 1. The Bertz CT molecular complexity index is 701. The number of hydrogen-bond donors (Lipinski definition) is 2. The summed E-state index contributed by atoms with van der Waals surface area (Å²) in [6, 6.07) is 14.4. The lowest BCUT2D eigenvalue weighted by Gasteiger charge is -2.15. The first kappa shape index (κ1) is 12.9. The molecule has 1 unspecified atom stereocenters. The van der Waals surface area contributed by atoms with Crippen LogP contribution in [0.5, 0.6) is 0 Å². The Hall–Kier alpha value is -2.13. The Morgan fingerprint density at radius 2 is 1.95 bits per heavy atom. The zero-order valence-corrected chi connectivity index (χ0v) is 11.6. The smallest absolute Gasteiger partial charge is 0.0458 e. The van der Waals surface area contributed by atoms with Crippen LogP contribution in [0, 0.1) is 6.92 Å². The van der Waals surface area contributed by atoms with Gasteiger partial charge in [-0.1, -0.05) is 24.3 Å². The first-order valence-corrected chi connectivity index (χ1v) is 6.96. The first-order chi connectivity index (χ1) is 9.79. The van der Waals surface area contributed by atoms with Gasteiger partial charge in [0.2, 0.25) is 0 Å². The van der Waals surface area contributed by atoms with E-state index in [0.29, 0.717) is 12.5 Å². The van der Waals surface area contributed by atoms with Crippen LogP contribution in [-0.4, -0.2) is 16.5 Å². The molecule has 102 valence electrons. The number of aromatic amines is 1. The van der Waals surface area contributed by atoms with E-state index in [2.05, 4.69) is 47.2 Å². The molecule has 0 aliphatic rings. The Morgan fingerprint density at radius 1 is 1.15 bits per heavy atom. The van der Waals surface area contributed by atoms with Gasteiger partial charge in [0.25, 0.3) is 0 Å². The maximum absolute atomic E-state index is 6.03. The minimum atomic E-state index is 0.293. The van der Waals surface area contributed by atoms with Crippen LogP contribution in [-0.2, 0) is 6.42 Å². The second kappa shape index (κ2) is 5.47. The Labute approximate surface area is 118 Å². The topological polar surface area (TPSA) is 54.7 Å². The largest absolute Gasteiger partial charge is 0.358 e. The maximum Gasteiger partial charge on any atom is 0.0458 e. The van der Waals surface area contributed by atoms with E-state index in [0.717, 1.165) is 12.1 Å². The second-order valence-corrected chi connectivity index (χ2v) is 5.17. The van der Waals surface area contributed by atoms with Crippen LogP contribution < -0.4 is 5.73 Å². The molecule has 0 fully saturated rings. The average Bonchev–Trinajstić information content (AvgIpc) is 2.82. The fraction of sp³-hybridized carbons (Fsp3) is 0.235. The van der Waals surface area contributed by atoms with E-state index in [1.807, 2.05) is 18.3 Å². The molecule has 2 heterocycles. The zero-order chi connectivity index (χ0) is 13.9. The number of pyridine rings is 1. The molecule has 1 aromatic carbocycles. The van der Waals surface area contributed by atoms with Gasteiger partial charge in [0.1, 0.15) is 0 Å². The molecule has 0 aliphatic carbocycles. The molecule has 0 spiro atoms. The molecule has 0 saturated heterocycles. The summed E-state index contributed by atoms with van der Waals surface area (Å²) >= 11 is 0. The Balaban J connectivity index is 2.01. The molecule has 1 atom stereocenters. The molecule has 0 saturated carbocycles. The van der Waals surface area contributed by atoms with Gasteiger partial charge in [-0.15, -0.1) is 0 Å². The van der Waals surface area contributed by atoms with Crippen LogP contribution in [0.3, 0.4) is 0 Å². The van der Waals surface area contributed by atoms with Crippen molar-refractivity contribution in [3.8, 4) is 0 Å². The van der Waals surface area contributed by atoms with Gasteiger partial charge in [-0.05, 0) is 43.7 Å². The highest BCUT2D eigenvalue weighted by atomic mass is 14.7. The molecule has 20 heavy (non-hydrogen) atoms. The lowest BCUT2D eigenvalue weighted by atomic mass is 9.91. The van der Waals surface area contributed by atoms with Gasteiger partial charge >= 0.3 is 0 Å². The number of para-hydroxylation sites is 1. The van der Waals surface area contributed by atoms with Crippen LogP contribution >= 0.6 is 0 Å². The third kappa shape index (κ3) is 2.32. The van der Waals surface area contributed by atoms with E-state index in [9.17, 15) is 0 Å². The van der Waals surface area contributed by atoms with Gasteiger partial charge in [-0.3, -0.25) is 4.98 Å². The highest BCUT2D eigenvalue weighted by Gasteiger charge is 2.18. The van der Waals surface area contributed by atoms with Gasteiger partial charge in [-0.25, -0.2) is 0 Å². The normalized spacial score (nSPS) is 12.7. The number of benzene rings is 1. The average molecular weight is 265 g/mol. The third-order valence-corrected chi connectivity index (χ3v) is 3.82. The molecule has 0 bridgehead atoms. The standard InChI is InChI=1S/C17H19N3/c1-12-17(15-7-2-3-8-16(15)20-12)13(11-18)10-14-6-4-5-9-19-14/h2-9,13,20H,10-11,18H2,1H3. The van der Waals surface area contributed by atoms with Crippen LogP contribution in [0.1, 0.15) is 22.9 Å². The number of aromatic nitrogens is 2. The van der Waals surface area contributed by atoms with Gasteiger partial charge in [0.05, 0.1) is 0 Å². The quantitative estimate of drug-likeness (QED) is 0.761. The lowest BCUT2D eigenvalue weighted by molar-refractivity contribution is 0.682. The van der Waals surface area contributed by atoms with Crippen molar-refractivity contribution >= 4 is 10.9 Å². The minimum absolute atomic E-state index is 0.293. The fourth-order valence-electron chi connectivity index (χ4n) is 2.90. The number of rotatable bonds is 4. The van der Waals surface area contributed by atoms with Gasteiger partial charge in [-0.2, -0.15) is 0 Å². The van der Waals surface area contributed by atoms with Crippen molar-refractivity contribution in [3.05, 3.63) is 65.6 Å². The van der Waals surface area contributed by atoms with E-state index < -0.39 is 0 Å². The monoisotopic (exact) mass is 265 g/mol. The zero-order valence-electron chi connectivity index (χ0n) is 11.6. The molecule has 2 aromatic heterocycles. The molecule has 3 N–H and O–H groups in total. The van der Waals surface area contributed by atoms with E-state index >= 15 is 0 Å². The van der Waals surface area contributed by atoms with E-state index in [1.54, 1.807) is 0 Å². The van der Waals surface area contributed by atoms with Gasteiger partial charge in [0.15, 0.2) is 0 Å². The number of nitrogens with zero attached hydrogens (tertiary/aromatic N) is 1. The number of aryl methyl sites for hydroxylation is 1. The van der Waals surface area contributed by atoms with Crippen molar-refractivity contribution in [2.24, 2.45) is 5.73 Å². The molecular formula is C17H19N3. The number of nitrogens with two attached hydrogens (primary N) is 1. The molecule has 3 heteroatoms. The summed E-state index contributed by atoms with van der Waals surface area (Å²) in [6.07, 6.45) is 2.71. The van der Waals surface area contributed by atoms with Crippen LogP contribution in [0.2, 0.25) is 0 Å². The van der Waals surface area contributed by atoms with Gasteiger partial charge < -0.3 is 10.7 Å². The van der Waals surface area contributed by atoms with E-state index in [1.165, 1.54) is 22.2 Å². The van der Waals surface area contributed by atoms with Crippen molar-refractivity contribution in [3.63, 3.8) is 0 Å². The summed E-state index contributed by atoms with van der Waals surface area (Å²) in [4.78, 5) is 7.87. The number of nitrogens with one attached hydrogen (secondary N) is 1. The Morgan fingerprint density at radius 3 is 2.70 bits per heavy atom. The molecule has 0 aliphatic heterocycles. The van der Waals surface area contributed by atoms with Crippen molar-refractivity contribution in [2.45, 2.75) is 19.3 Å². The lowest BCUT2D eigenvalue weighted by Crippen LogP contribution is -2.16. The summed E-state index contributed by atoms with van der Waals surface area (Å²) in [6.45, 7) is 2.75. The summed E-state index contributed by atoms with van der Waals surface area (Å²) in [7, 11) is 0. The SMILES string of the molecule is Cc1[nH]c2ccccc2c1C(CN)Cc1ccccn1. The minimum Gasteiger partial charge on any atom is -0.358 e. The third-order valence-electron chi connectivity index (χ3n) is 3.82. The molecule has 3 nitrogen and oxygen atoms in total. The van der Waals surface area contributed by atoms with Crippen LogP contribution in [0.4, 0.5) is 0 Å². The molecule has 0 amide bonds. The van der Waals surface area contributed by atoms with Crippen molar-refractivity contribution in [1.29, 1.82) is 0 Å². The molecule has 0 radical (unpaired) electrons. The van der Waals surface area contributed by atoms with E-state index in [-0.39, 0.29) is 0 Å². The van der Waals surface area contributed by atoms with Crippen molar-refractivity contribution in [2.75, 3.05) is 6.54 Å². The van der Waals surface area contributed by atoms with Crippen molar-refractivity contribution in [1.82, 2.24) is 9.97 Å². The van der Waals surface area contributed by atoms with Gasteiger partial charge in [0, 0.05) is 34.4 Å². The highest BCUT2D eigenvalue weighted by molar-refractivity contribution is 5.85. The molecular weight excluding hydrogens is 246 g/mol. The summed E-state index contributed by atoms with van der Waals surface area (Å²) < 4.78 is 0. The number of hydrogen-bond acceptors (Lipinski definition) is 2. The molecule has 3 aromatic rings. The molecule has 3 rings (SSSR count).